The summed E-state index contributed by atoms with van der Waals surface area (Å²) in [6.07, 6.45) is -3.99. The number of fused-ring (bicyclic) bond motifs is 1. The van der Waals surface area contributed by atoms with Crippen LogP contribution in [-0.2, 0) is 9.59 Å². The van der Waals surface area contributed by atoms with Crippen molar-refractivity contribution in [1.29, 1.82) is 0 Å². The van der Waals surface area contributed by atoms with E-state index < -0.39 is 12.1 Å². The number of alkyl halides is 3. The third-order valence-corrected chi connectivity index (χ3v) is 4.97. The number of nitrogens with zero attached hydrogens (tertiary/aromatic N) is 2. The topological polar surface area (TPSA) is 72.9 Å². The van der Waals surface area contributed by atoms with Crippen molar-refractivity contribution < 1.29 is 32.3 Å². The van der Waals surface area contributed by atoms with Gasteiger partial charge in [0.2, 0.25) is 5.91 Å². The lowest BCUT2D eigenvalue weighted by Gasteiger charge is -2.33. The highest BCUT2D eigenvalue weighted by Crippen LogP contribution is 2.34. The number of carboxylic acid groups (broad SMARTS) is 1. The number of rotatable bonds is 3. The monoisotopic (exact) mass is 405 g/mol. The summed E-state index contributed by atoms with van der Waals surface area (Å²) in [5.41, 5.74) is 0.713. The van der Waals surface area contributed by atoms with Crippen molar-refractivity contribution in [2.75, 3.05) is 44.7 Å². The molecule has 156 valence electrons. The van der Waals surface area contributed by atoms with Gasteiger partial charge in [-0.15, -0.1) is 0 Å². The first-order chi connectivity index (χ1) is 13.1. The Morgan fingerprint density at radius 2 is 1.79 bits per heavy atom. The number of benzene rings is 1. The molecule has 2 heterocycles. The molecule has 2 N–H and O–H groups in total. The number of halogens is 4. The molecule has 2 fully saturated rings. The lowest BCUT2D eigenvalue weighted by atomic mass is 9.89. The van der Waals surface area contributed by atoms with Crippen LogP contribution in [0.15, 0.2) is 24.3 Å². The standard InChI is InChI=1S/C16H22FN3O.C2HF3O2/c1-18-16(21)11-19-7-6-12-9-20(10-13(12)8-19)15-5-3-2-4-14(15)17;3-2(4,5)1(6)7/h2-5,12-13H,6-11H2,1H3,(H,18,21);(H,6,7)/t12-,13+;/m1./s1. The Labute approximate surface area is 160 Å². The summed E-state index contributed by atoms with van der Waals surface area (Å²) in [6.45, 7) is 4.18. The van der Waals surface area contributed by atoms with Crippen molar-refractivity contribution in [3.63, 3.8) is 0 Å². The van der Waals surface area contributed by atoms with Gasteiger partial charge < -0.3 is 15.3 Å². The van der Waals surface area contributed by atoms with Gasteiger partial charge in [0.25, 0.3) is 0 Å². The van der Waals surface area contributed by atoms with E-state index in [4.69, 9.17) is 9.90 Å². The highest BCUT2D eigenvalue weighted by Gasteiger charge is 2.38. The number of amides is 1. The van der Waals surface area contributed by atoms with Crippen molar-refractivity contribution in [1.82, 2.24) is 10.2 Å². The lowest BCUT2D eigenvalue weighted by molar-refractivity contribution is -0.192. The third kappa shape index (κ3) is 5.82. The Balaban J connectivity index is 0.000000345. The normalized spacial score (nSPS) is 22.1. The highest BCUT2D eigenvalue weighted by molar-refractivity contribution is 5.77. The quantitative estimate of drug-likeness (QED) is 0.753. The molecule has 0 bridgehead atoms. The maximum Gasteiger partial charge on any atom is 0.490 e. The molecule has 0 aromatic heterocycles. The van der Waals surface area contributed by atoms with Crippen LogP contribution in [0.25, 0.3) is 0 Å². The van der Waals surface area contributed by atoms with Crippen LogP contribution >= 0.6 is 0 Å². The zero-order chi connectivity index (χ0) is 20.9. The second-order valence-electron chi connectivity index (χ2n) is 6.88. The molecule has 2 aliphatic rings. The molecule has 1 amide bonds. The van der Waals surface area contributed by atoms with Crippen LogP contribution in [-0.4, -0.2) is 67.8 Å². The largest absolute Gasteiger partial charge is 0.490 e. The summed E-state index contributed by atoms with van der Waals surface area (Å²) in [5.74, 6) is -1.68. The number of likely N-dealkylation sites (tertiary alicyclic amines) is 1. The molecule has 2 saturated heterocycles. The Morgan fingerprint density at radius 1 is 1.18 bits per heavy atom. The number of carbonyl (C=O) groups is 2. The van der Waals surface area contributed by atoms with E-state index in [0.717, 1.165) is 32.6 Å². The molecular weight excluding hydrogens is 382 g/mol. The fraction of sp³-hybridized carbons (Fsp3) is 0.556. The van der Waals surface area contributed by atoms with Gasteiger partial charge in [0.15, 0.2) is 0 Å². The van der Waals surface area contributed by atoms with Crippen LogP contribution < -0.4 is 10.2 Å². The SMILES string of the molecule is CNC(=O)CN1CC[C@@H]2CN(c3ccccc3F)C[C@@H]2C1.O=C(O)C(F)(F)F. The van der Waals surface area contributed by atoms with E-state index in [0.29, 0.717) is 24.1 Å². The number of hydrogen-bond donors (Lipinski definition) is 2. The van der Waals surface area contributed by atoms with E-state index in [9.17, 15) is 22.4 Å². The maximum atomic E-state index is 13.9. The summed E-state index contributed by atoms with van der Waals surface area (Å²) in [7, 11) is 1.67. The molecular formula is C18H23F4N3O3. The zero-order valence-corrected chi connectivity index (χ0v) is 15.4. The van der Waals surface area contributed by atoms with E-state index in [1.165, 1.54) is 6.07 Å². The molecule has 0 spiro atoms. The van der Waals surface area contributed by atoms with E-state index in [-0.39, 0.29) is 11.7 Å². The van der Waals surface area contributed by atoms with Gasteiger partial charge in [-0.25, -0.2) is 9.18 Å². The van der Waals surface area contributed by atoms with Gasteiger partial charge >= 0.3 is 12.1 Å². The van der Waals surface area contributed by atoms with E-state index in [1.807, 2.05) is 12.1 Å². The lowest BCUT2D eigenvalue weighted by Crippen LogP contribution is -2.44. The minimum atomic E-state index is -5.08. The Bertz CT molecular complexity index is 699. The van der Waals surface area contributed by atoms with Crippen LogP contribution in [0.1, 0.15) is 6.42 Å². The fourth-order valence-corrected chi connectivity index (χ4v) is 3.57. The van der Waals surface area contributed by atoms with Crippen molar-refractivity contribution in [2.45, 2.75) is 12.6 Å². The minimum absolute atomic E-state index is 0.0670. The van der Waals surface area contributed by atoms with E-state index >= 15 is 0 Å². The summed E-state index contributed by atoms with van der Waals surface area (Å²) >= 11 is 0. The highest BCUT2D eigenvalue weighted by atomic mass is 19.4. The number of carboxylic acids is 1. The molecule has 0 saturated carbocycles. The smallest absolute Gasteiger partial charge is 0.475 e. The number of hydrogen-bond acceptors (Lipinski definition) is 4. The van der Waals surface area contributed by atoms with Crippen molar-refractivity contribution in [2.24, 2.45) is 11.8 Å². The van der Waals surface area contributed by atoms with Crippen LogP contribution in [0.2, 0.25) is 0 Å². The first kappa shape index (κ1) is 21.9. The molecule has 1 aromatic carbocycles. The number of piperidine rings is 1. The second-order valence-corrected chi connectivity index (χ2v) is 6.88. The molecule has 0 radical (unpaired) electrons. The van der Waals surface area contributed by atoms with Gasteiger partial charge in [-0.1, -0.05) is 12.1 Å². The summed E-state index contributed by atoms with van der Waals surface area (Å²) in [5, 5.41) is 9.80. The molecule has 28 heavy (non-hydrogen) atoms. The predicted molar refractivity (Wildman–Crippen MR) is 94.4 cm³/mol. The Hall–Kier alpha value is -2.36. The molecule has 2 aliphatic heterocycles. The minimum Gasteiger partial charge on any atom is -0.475 e. The number of anilines is 1. The van der Waals surface area contributed by atoms with E-state index in [2.05, 4.69) is 15.1 Å². The molecule has 2 atom stereocenters. The van der Waals surface area contributed by atoms with Crippen LogP contribution in [0.4, 0.5) is 23.2 Å². The summed E-state index contributed by atoms with van der Waals surface area (Å²) in [4.78, 5) is 24.8. The van der Waals surface area contributed by atoms with Gasteiger partial charge in [0.05, 0.1) is 12.2 Å². The average molecular weight is 405 g/mol. The first-order valence-electron chi connectivity index (χ1n) is 8.84. The Morgan fingerprint density at radius 3 is 2.36 bits per heavy atom. The Kier molecular flexibility index (Phi) is 7.22. The van der Waals surface area contributed by atoms with Gasteiger partial charge in [-0.05, 0) is 36.9 Å². The maximum absolute atomic E-state index is 13.9. The molecule has 0 aliphatic carbocycles. The van der Waals surface area contributed by atoms with Crippen LogP contribution in [0.3, 0.4) is 0 Å². The fourth-order valence-electron chi connectivity index (χ4n) is 3.57. The third-order valence-electron chi connectivity index (χ3n) is 4.97. The van der Waals surface area contributed by atoms with Crippen molar-refractivity contribution in [3.8, 4) is 0 Å². The van der Waals surface area contributed by atoms with Crippen LogP contribution in [0, 0.1) is 17.7 Å². The molecule has 3 rings (SSSR count). The zero-order valence-electron chi connectivity index (χ0n) is 15.4. The van der Waals surface area contributed by atoms with Crippen LogP contribution in [0.5, 0.6) is 0 Å². The summed E-state index contributed by atoms with van der Waals surface area (Å²) < 4.78 is 45.6. The predicted octanol–water partition coefficient (Wildman–Crippen LogP) is 1.96. The van der Waals surface area contributed by atoms with Gasteiger partial charge in [0.1, 0.15) is 5.82 Å². The van der Waals surface area contributed by atoms with Crippen molar-refractivity contribution in [3.05, 3.63) is 30.1 Å². The molecule has 1 aromatic rings. The molecule has 6 nitrogen and oxygen atoms in total. The van der Waals surface area contributed by atoms with E-state index in [1.54, 1.807) is 13.1 Å². The van der Waals surface area contributed by atoms with Gasteiger partial charge in [0, 0.05) is 26.7 Å². The summed E-state index contributed by atoms with van der Waals surface area (Å²) in [6, 6.07) is 7.00. The van der Waals surface area contributed by atoms with Gasteiger partial charge in [-0.3, -0.25) is 9.69 Å². The number of nitrogens with one attached hydrogen (secondary N) is 1. The van der Waals surface area contributed by atoms with Gasteiger partial charge in [-0.2, -0.15) is 13.2 Å². The number of para-hydroxylation sites is 1. The average Bonchev–Trinajstić information content (AvgIpc) is 3.04. The number of likely N-dealkylation sites (N-methyl/N-ethyl adjacent to an activating group) is 1. The molecule has 10 heteroatoms. The molecule has 0 unspecified atom stereocenters. The second kappa shape index (κ2) is 9.22. The first-order valence-corrected chi connectivity index (χ1v) is 8.84. The number of aliphatic carboxylic acids is 1. The number of carbonyl (C=O) groups excluding carboxylic acids is 1. The van der Waals surface area contributed by atoms with Crippen molar-refractivity contribution >= 4 is 17.6 Å².